The average molecular weight is 463 g/mol. The molecule has 0 atom stereocenters. The minimum Gasteiger partial charge on any atom is -0.493 e. The Morgan fingerprint density at radius 3 is 1.79 bits per heavy atom. The zero-order valence-electron chi connectivity index (χ0n) is 19.6. The van der Waals surface area contributed by atoms with Crippen molar-refractivity contribution in [3.63, 3.8) is 0 Å². The minimum absolute atomic E-state index is 0.368. The standard InChI is InChI=1S/C25H26N4O5/c1-30-19-13-17-18(14-20(19)31-2)28-25(29-24(17)26-15-9-7-6-8-10-15)27-16-11-21(32-3)23(34-5)22(12-16)33-4/h6-14H,1-5H3,(H2,26,27,28,29). The molecule has 0 radical (unpaired) electrons. The summed E-state index contributed by atoms with van der Waals surface area (Å²) in [6, 6.07) is 17.0. The quantitative estimate of drug-likeness (QED) is 0.350. The van der Waals surface area contributed by atoms with E-state index in [1.54, 1.807) is 47.7 Å². The van der Waals surface area contributed by atoms with Gasteiger partial charge in [0, 0.05) is 35.0 Å². The number of ether oxygens (including phenoxy) is 5. The van der Waals surface area contributed by atoms with Gasteiger partial charge in [0.15, 0.2) is 23.0 Å². The third-order valence-electron chi connectivity index (χ3n) is 5.16. The van der Waals surface area contributed by atoms with E-state index in [0.29, 0.717) is 51.7 Å². The number of para-hydroxylation sites is 1. The van der Waals surface area contributed by atoms with Gasteiger partial charge in [-0.25, -0.2) is 4.98 Å². The highest BCUT2D eigenvalue weighted by molar-refractivity contribution is 5.94. The van der Waals surface area contributed by atoms with Crippen LogP contribution in [-0.4, -0.2) is 45.5 Å². The summed E-state index contributed by atoms with van der Waals surface area (Å²) in [5.41, 5.74) is 2.22. The number of hydrogen-bond acceptors (Lipinski definition) is 9. The molecule has 0 aliphatic heterocycles. The number of nitrogens with zero attached hydrogens (tertiary/aromatic N) is 2. The predicted octanol–water partition coefficient (Wildman–Crippen LogP) is 5.16. The van der Waals surface area contributed by atoms with Crippen LogP contribution in [0.1, 0.15) is 0 Å². The second kappa shape index (κ2) is 10.0. The molecule has 0 aliphatic carbocycles. The van der Waals surface area contributed by atoms with Gasteiger partial charge in [0.1, 0.15) is 5.82 Å². The molecule has 4 aromatic rings. The zero-order valence-corrected chi connectivity index (χ0v) is 19.6. The first kappa shape index (κ1) is 22.8. The predicted molar refractivity (Wildman–Crippen MR) is 132 cm³/mol. The highest BCUT2D eigenvalue weighted by Gasteiger charge is 2.16. The Hall–Kier alpha value is -4.40. The molecule has 176 valence electrons. The third kappa shape index (κ3) is 4.54. The normalized spacial score (nSPS) is 10.5. The van der Waals surface area contributed by atoms with Gasteiger partial charge in [-0.3, -0.25) is 0 Å². The second-order valence-corrected chi connectivity index (χ2v) is 7.15. The maximum absolute atomic E-state index is 5.48. The van der Waals surface area contributed by atoms with Crippen LogP contribution < -0.4 is 34.3 Å². The molecular formula is C25H26N4O5. The fraction of sp³-hybridized carbons (Fsp3) is 0.200. The maximum Gasteiger partial charge on any atom is 0.229 e. The summed E-state index contributed by atoms with van der Waals surface area (Å²) in [6.07, 6.45) is 0. The summed E-state index contributed by atoms with van der Waals surface area (Å²) in [6.45, 7) is 0. The summed E-state index contributed by atoms with van der Waals surface area (Å²) in [5.74, 6) is 3.65. The van der Waals surface area contributed by atoms with E-state index in [9.17, 15) is 0 Å². The van der Waals surface area contributed by atoms with Crippen LogP contribution in [0, 0.1) is 0 Å². The van der Waals surface area contributed by atoms with Crippen molar-refractivity contribution in [3.8, 4) is 28.7 Å². The van der Waals surface area contributed by atoms with E-state index in [1.807, 2.05) is 42.5 Å². The summed E-state index contributed by atoms with van der Waals surface area (Å²) < 4.78 is 27.3. The molecule has 1 heterocycles. The number of hydrogen-bond donors (Lipinski definition) is 2. The van der Waals surface area contributed by atoms with Gasteiger partial charge in [-0.1, -0.05) is 18.2 Å². The number of nitrogens with one attached hydrogen (secondary N) is 2. The smallest absolute Gasteiger partial charge is 0.229 e. The monoisotopic (exact) mass is 462 g/mol. The van der Waals surface area contributed by atoms with Crippen molar-refractivity contribution in [1.29, 1.82) is 0 Å². The van der Waals surface area contributed by atoms with Gasteiger partial charge < -0.3 is 34.3 Å². The molecule has 34 heavy (non-hydrogen) atoms. The van der Waals surface area contributed by atoms with Gasteiger partial charge in [-0.05, 0) is 18.2 Å². The van der Waals surface area contributed by atoms with Gasteiger partial charge in [0.05, 0.1) is 41.1 Å². The minimum atomic E-state index is 0.368. The molecule has 2 N–H and O–H groups in total. The lowest BCUT2D eigenvalue weighted by atomic mass is 10.2. The number of aromatic nitrogens is 2. The fourth-order valence-corrected chi connectivity index (χ4v) is 3.55. The Labute approximate surface area is 197 Å². The average Bonchev–Trinajstić information content (AvgIpc) is 2.87. The van der Waals surface area contributed by atoms with Crippen LogP contribution in [0.3, 0.4) is 0 Å². The summed E-state index contributed by atoms with van der Waals surface area (Å²) in [4.78, 5) is 9.43. The molecule has 0 amide bonds. The first-order valence-electron chi connectivity index (χ1n) is 10.4. The number of fused-ring (bicyclic) bond motifs is 1. The van der Waals surface area contributed by atoms with E-state index in [2.05, 4.69) is 10.6 Å². The Morgan fingerprint density at radius 1 is 0.588 bits per heavy atom. The first-order valence-corrected chi connectivity index (χ1v) is 10.4. The van der Waals surface area contributed by atoms with E-state index >= 15 is 0 Å². The molecule has 0 saturated heterocycles. The zero-order chi connectivity index (χ0) is 24.1. The molecule has 0 aliphatic rings. The molecule has 0 unspecified atom stereocenters. The second-order valence-electron chi connectivity index (χ2n) is 7.15. The molecule has 9 nitrogen and oxygen atoms in total. The van der Waals surface area contributed by atoms with Gasteiger partial charge in [0.25, 0.3) is 0 Å². The van der Waals surface area contributed by atoms with Crippen LogP contribution >= 0.6 is 0 Å². The van der Waals surface area contributed by atoms with Gasteiger partial charge in [0.2, 0.25) is 11.7 Å². The molecule has 4 rings (SSSR count). The van der Waals surface area contributed by atoms with E-state index < -0.39 is 0 Å². The largest absolute Gasteiger partial charge is 0.493 e. The van der Waals surface area contributed by atoms with Crippen molar-refractivity contribution in [2.75, 3.05) is 46.2 Å². The lowest BCUT2D eigenvalue weighted by molar-refractivity contribution is 0.324. The van der Waals surface area contributed by atoms with E-state index in [4.69, 9.17) is 33.7 Å². The summed E-state index contributed by atoms with van der Waals surface area (Å²) in [7, 11) is 7.87. The van der Waals surface area contributed by atoms with Crippen molar-refractivity contribution in [2.24, 2.45) is 0 Å². The lowest BCUT2D eigenvalue weighted by Gasteiger charge is -2.16. The maximum atomic E-state index is 5.48. The lowest BCUT2D eigenvalue weighted by Crippen LogP contribution is -2.04. The molecule has 3 aromatic carbocycles. The number of benzene rings is 3. The molecular weight excluding hydrogens is 436 g/mol. The Balaban J connectivity index is 1.83. The van der Waals surface area contributed by atoms with Crippen molar-refractivity contribution in [1.82, 2.24) is 9.97 Å². The Bertz CT molecular complexity index is 1270. The topological polar surface area (TPSA) is 96.0 Å². The highest BCUT2D eigenvalue weighted by atomic mass is 16.5. The molecule has 1 aromatic heterocycles. The first-order chi connectivity index (χ1) is 16.6. The number of anilines is 4. The summed E-state index contributed by atoms with van der Waals surface area (Å²) in [5, 5.41) is 7.38. The SMILES string of the molecule is COc1cc2nc(Nc3cc(OC)c(OC)c(OC)c3)nc(Nc3ccccc3)c2cc1OC. The Morgan fingerprint density at radius 2 is 1.21 bits per heavy atom. The van der Waals surface area contributed by atoms with Gasteiger partial charge in [-0.15, -0.1) is 0 Å². The molecule has 0 bridgehead atoms. The van der Waals surface area contributed by atoms with Crippen LogP contribution in [0.5, 0.6) is 28.7 Å². The number of methoxy groups -OCH3 is 5. The van der Waals surface area contributed by atoms with Crippen LogP contribution in [0.25, 0.3) is 10.9 Å². The van der Waals surface area contributed by atoms with Crippen LogP contribution in [0.15, 0.2) is 54.6 Å². The summed E-state index contributed by atoms with van der Waals surface area (Å²) >= 11 is 0. The molecule has 0 fully saturated rings. The highest BCUT2D eigenvalue weighted by Crippen LogP contribution is 2.41. The van der Waals surface area contributed by atoms with Crippen LogP contribution in [0.4, 0.5) is 23.1 Å². The van der Waals surface area contributed by atoms with E-state index in [1.165, 1.54) is 0 Å². The number of rotatable bonds is 9. The fourth-order valence-electron chi connectivity index (χ4n) is 3.55. The van der Waals surface area contributed by atoms with Crippen LogP contribution in [-0.2, 0) is 0 Å². The van der Waals surface area contributed by atoms with Crippen molar-refractivity contribution >= 4 is 34.0 Å². The third-order valence-corrected chi connectivity index (χ3v) is 5.16. The molecule has 0 spiro atoms. The van der Waals surface area contributed by atoms with E-state index in [-0.39, 0.29) is 0 Å². The van der Waals surface area contributed by atoms with Gasteiger partial charge in [-0.2, -0.15) is 4.98 Å². The Kier molecular flexibility index (Phi) is 6.72. The van der Waals surface area contributed by atoms with E-state index in [0.717, 1.165) is 11.1 Å². The van der Waals surface area contributed by atoms with Crippen LogP contribution in [0.2, 0.25) is 0 Å². The molecule has 0 saturated carbocycles. The van der Waals surface area contributed by atoms with Gasteiger partial charge >= 0.3 is 0 Å². The van der Waals surface area contributed by atoms with Crippen molar-refractivity contribution in [3.05, 3.63) is 54.6 Å². The van der Waals surface area contributed by atoms with Crippen molar-refractivity contribution < 1.29 is 23.7 Å². The molecule has 9 heteroatoms. The van der Waals surface area contributed by atoms with Crippen molar-refractivity contribution in [2.45, 2.75) is 0 Å².